The Hall–Kier alpha value is -3.36. The number of pyridine rings is 1. The van der Waals surface area contributed by atoms with E-state index in [-0.39, 0.29) is 11.8 Å². The molecule has 0 bridgehead atoms. The van der Waals surface area contributed by atoms with Gasteiger partial charge in [-0.05, 0) is 31.0 Å². The zero-order valence-electron chi connectivity index (χ0n) is 16.1. The van der Waals surface area contributed by atoms with Gasteiger partial charge in [-0.3, -0.25) is 0 Å². The first-order chi connectivity index (χ1) is 13.8. The molecule has 0 unspecified atom stereocenters. The lowest BCUT2D eigenvalue weighted by Crippen LogP contribution is -2.13. The zero-order chi connectivity index (χ0) is 21.0. The van der Waals surface area contributed by atoms with Crippen molar-refractivity contribution in [3.63, 3.8) is 0 Å². The Morgan fingerprint density at radius 2 is 1.76 bits per heavy atom. The molecule has 6 nitrogen and oxygen atoms in total. The van der Waals surface area contributed by atoms with Crippen LogP contribution in [0.3, 0.4) is 0 Å². The molecule has 1 aromatic carbocycles. The van der Waals surface area contributed by atoms with E-state index in [1.807, 2.05) is 13.8 Å². The van der Waals surface area contributed by atoms with E-state index in [0.29, 0.717) is 23.7 Å². The summed E-state index contributed by atoms with van der Waals surface area (Å²) in [6.07, 6.45) is -1.54. The maximum Gasteiger partial charge on any atom is 0.421 e. The van der Waals surface area contributed by atoms with Crippen LogP contribution >= 0.6 is 0 Å². The van der Waals surface area contributed by atoms with Gasteiger partial charge in [-0.15, -0.1) is 0 Å². The molecule has 3 aromatic rings. The summed E-state index contributed by atoms with van der Waals surface area (Å²) >= 11 is 0. The SMILES string of the molecule is CCc1cnc(OC)cc1Nc1ncc(C(F)(F)F)c(Nc2ccc(C)cc2)n1. The molecular formula is C20H20F3N5O. The maximum atomic E-state index is 13.4. The molecule has 0 aliphatic rings. The molecule has 3 rings (SSSR count). The number of benzene rings is 1. The quantitative estimate of drug-likeness (QED) is 0.585. The van der Waals surface area contributed by atoms with E-state index in [1.165, 1.54) is 7.11 Å². The van der Waals surface area contributed by atoms with Crippen molar-refractivity contribution in [2.75, 3.05) is 17.7 Å². The van der Waals surface area contributed by atoms with Gasteiger partial charge in [-0.1, -0.05) is 24.6 Å². The number of halogens is 3. The molecule has 0 amide bonds. The lowest BCUT2D eigenvalue weighted by molar-refractivity contribution is -0.137. The minimum absolute atomic E-state index is 0.0237. The second-order valence-electron chi connectivity index (χ2n) is 6.31. The number of anilines is 4. The van der Waals surface area contributed by atoms with Crippen LogP contribution in [0.1, 0.15) is 23.6 Å². The molecule has 9 heteroatoms. The third kappa shape index (κ3) is 4.92. The first kappa shape index (κ1) is 20.4. The minimum Gasteiger partial charge on any atom is -0.481 e. The molecule has 0 fully saturated rings. The number of nitrogens with one attached hydrogen (secondary N) is 2. The second-order valence-corrected chi connectivity index (χ2v) is 6.31. The van der Waals surface area contributed by atoms with E-state index >= 15 is 0 Å². The van der Waals surface area contributed by atoms with E-state index in [2.05, 4.69) is 25.6 Å². The number of alkyl halides is 3. The monoisotopic (exact) mass is 403 g/mol. The Labute approximate surface area is 166 Å². The summed E-state index contributed by atoms with van der Waals surface area (Å²) in [5.74, 6) is 0.0584. The first-order valence-corrected chi connectivity index (χ1v) is 8.88. The summed E-state index contributed by atoms with van der Waals surface area (Å²) in [5.41, 5.74) is 2.00. The summed E-state index contributed by atoms with van der Waals surface area (Å²) in [5, 5.41) is 5.70. The predicted molar refractivity (Wildman–Crippen MR) is 105 cm³/mol. The highest BCUT2D eigenvalue weighted by atomic mass is 19.4. The highest BCUT2D eigenvalue weighted by Gasteiger charge is 2.35. The van der Waals surface area contributed by atoms with E-state index < -0.39 is 11.7 Å². The summed E-state index contributed by atoms with van der Waals surface area (Å²) in [4.78, 5) is 12.0. The maximum absolute atomic E-state index is 13.4. The number of methoxy groups -OCH3 is 1. The number of aryl methyl sites for hydroxylation is 2. The van der Waals surface area contributed by atoms with Gasteiger partial charge in [0, 0.05) is 24.1 Å². The third-order valence-corrected chi connectivity index (χ3v) is 4.21. The molecule has 2 aromatic heterocycles. The average Bonchev–Trinajstić information content (AvgIpc) is 2.69. The van der Waals surface area contributed by atoms with Gasteiger partial charge in [-0.25, -0.2) is 9.97 Å². The van der Waals surface area contributed by atoms with E-state index in [4.69, 9.17) is 4.74 Å². The number of ether oxygens (including phenoxy) is 1. The molecule has 29 heavy (non-hydrogen) atoms. The van der Waals surface area contributed by atoms with Crippen LogP contribution in [-0.2, 0) is 12.6 Å². The highest BCUT2D eigenvalue weighted by Crippen LogP contribution is 2.35. The van der Waals surface area contributed by atoms with Gasteiger partial charge in [0.05, 0.1) is 12.8 Å². The fourth-order valence-electron chi connectivity index (χ4n) is 2.61. The van der Waals surface area contributed by atoms with Crippen molar-refractivity contribution in [2.24, 2.45) is 0 Å². The van der Waals surface area contributed by atoms with Crippen molar-refractivity contribution in [1.29, 1.82) is 0 Å². The van der Waals surface area contributed by atoms with Crippen molar-refractivity contribution in [3.05, 3.63) is 59.4 Å². The number of hydrogen-bond donors (Lipinski definition) is 2. The minimum atomic E-state index is -4.60. The smallest absolute Gasteiger partial charge is 0.421 e. The van der Waals surface area contributed by atoms with Crippen molar-refractivity contribution in [1.82, 2.24) is 15.0 Å². The van der Waals surface area contributed by atoms with Crippen LogP contribution in [0.4, 0.5) is 36.3 Å². The number of nitrogens with zero attached hydrogens (tertiary/aromatic N) is 3. The van der Waals surface area contributed by atoms with Crippen LogP contribution in [0, 0.1) is 6.92 Å². The van der Waals surface area contributed by atoms with E-state index in [1.54, 1.807) is 36.5 Å². The van der Waals surface area contributed by atoms with Gasteiger partial charge < -0.3 is 15.4 Å². The predicted octanol–water partition coefficient (Wildman–Crippen LogP) is 5.26. The van der Waals surface area contributed by atoms with Crippen LogP contribution in [0.15, 0.2) is 42.7 Å². The lowest BCUT2D eigenvalue weighted by atomic mass is 10.2. The van der Waals surface area contributed by atoms with Crippen molar-refractivity contribution in [2.45, 2.75) is 26.4 Å². The van der Waals surface area contributed by atoms with Crippen molar-refractivity contribution >= 4 is 23.1 Å². The second kappa shape index (κ2) is 8.34. The Balaban J connectivity index is 1.98. The molecule has 2 N–H and O–H groups in total. The van der Waals surface area contributed by atoms with Gasteiger partial charge in [0.1, 0.15) is 11.4 Å². The topological polar surface area (TPSA) is 72.0 Å². The normalized spacial score (nSPS) is 11.2. The largest absolute Gasteiger partial charge is 0.481 e. The van der Waals surface area contributed by atoms with Crippen molar-refractivity contribution < 1.29 is 17.9 Å². The Morgan fingerprint density at radius 1 is 1.03 bits per heavy atom. The molecule has 152 valence electrons. The number of hydrogen-bond acceptors (Lipinski definition) is 6. The molecule has 0 aliphatic carbocycles. The summed E-state index contributed by atoms with van der Waals surface area (Å²) in [6, 6.07) is 8.62. The van der Waals surface area contributed by atoms with Crippen LogP contribution in [0.25, 0.3) is 0 Å². The molecule has 0 spiro atoms. The van der Waals surface area contributed by atoms with Gasteiger partial charge in [-0.2, -0.15) is 18.2 Å². The molecule has 0 saturated heterocycles. The number of rotatable bonds is 6. The van der Waals surface area contributed by atoms with Gasteiger partial charge in [0.15, 0.2) is 0 Å². The summed E-state index contributed by atoms with van der Waals surface area (Å²) in [6.45, 7) is 3.83. The number of aromatic nitrogens is 3. The summed E-state index contributed by atoms with van der Waals surface area (Å²) in [7, 11) is 1.48. The molecule has 0 aliphatic heterocycles. The standard InChI is InChI=1S/C20H20F3N5O/c1-4-13-10-24-17(29-3)9-16(13)27-19-25-11-15(20(21,22)23)18(28-19)26-14-7-5-12(2)6-8-14/h5-11H,4H2,1-3H3,(H2,24,25,26,27,28). The molecule has 2 heterocycles. The Bertz CT molecular complexity index is 990. The third-order valence-electron chi connectivity index (χ3n) is 4.21. The van der Waals surface area contributed by atoms with Crippen molar-refractivity contribution in [3.8, 4) is 5.88 Å². The van der Waals surface area contributed by atoms with Gasteiger partial charge in [0.25, 0.3) is 0 Å². The van der Waals surface area contributed by atoms with Crippen LogP contribution < -0.4 is 15.4 Å². The van der Waals surface area contributed by atoms with E-state index in [0.717, 1.165) is 17.3 Å². The van der Waals surface area contributed by atoms with Crippen LogP contribution in [0.2, 0.25) is 0 Å². The highest BCUT2D eigenvalue weighted by molar-refractivity contribution is 5.64. The van der Waals surface area contributed by atoms with Crippen LogP contribution in [-0.4, -0.2) is 22.1 Å². The van der Waals surface area contributed by atoms with Crippen LogP contribution in [0.5, 0.6) is 5.88 Å². The fraction of sp³-hybridized carbons (Fsp3) is 0.250. The Morgan fingerprint density at radius 3 is 2.38 bits per heavy atom. The lowest BCUT2D eigenvalue weighted by Gasteiger charge is -2.16. The molecule has 0 saturated carbocycles. The zero-order valence-corrected chi connectivity index (χ0v) is 16.1. The average molecular weight is 403 g/mol. The van der Waals surface area contributed by atoms with Gasteiger partial charge in [0.2, 0.25) is 11.8 Å². The van der Waals surface area contributed by atoms with E-state index in [9.17, 15) is 13.2 Å². The first-order valence-electron chi connectivity index (χ1n) is 8.88. The molecular weight excluding hydrogens is 383 g/mol. The fourth-order valence-corrected chi connectivity index (χ4v) is 2.61. The summed E-state index contributed by atoms with van der Waals surface area (Å²) < 4.78 is 45.4. The molecule has 0 atom stereocenters. The Kier molecular flexibility index (Phi) is 5.86. The van der Waals surface area contributed by atoms with Gasteiger partial charge >= 0.3 is 6.18 Å². The molecule has 0 radical (unpaired) electrons.